The lowest BCUT2D eigenvalue weighted by Gasteiger charge is -2.25. The van der Waals surface area contributed by atoms with Gasteiger partial charge in [0.1, 0.15) is 18.7 Å². The van der Waals surface area contributed by atoms with Crippen molar-refractivity contribution in [2.45, 2.75) is 58.6 Å². The summed E-state index contributed by atoms with van der Waals surface area (Å²) in [5.41, 5.74) is 2.69. The van der Waals surface area contributed by atoms with Crippen LogP contribution in [-0.2, 0) is 32.1 Å². The van der Waals surface area contributed by atoms with Gasteiger partial charge in [-0.25, -0.2) is 0 Å². The van der Waals surface area contributed by atoms with Crippen LogP contribution in [-0.4, -0.2) is 30.6 Å². The van der Waals surface area contributed by atoms with Crippen molar-refractivity contribution < 1.29 is 28.5 Å². The van der Waals surface area contributed by atoms with E-state index < -0.39 is 24.3 Å². The molecule has 38 heavy (non-hydrogen) atoms. The number of benzene rings is 3. The van der Waals surface area contributed by atoms with Gasteiger partial charge in [0.05, 0.1) is 6.61 Å². The molecule has 0 amide bonds. The lowest BCUT2D eigenvalue weighted by Crippen LogP contribution is -2.50. The highest BCUT2D eigenvalue weighted by Gasteiger charge is 2.30. The lowest BCUT2D eigenvalue weighted by atomic mass is 10.00. The Labute approximate surface area is 224 Å². The summed E-state index contributed by atoms with van der Waals surface area (Å²) in [6.45, 7) is 6.26. The molecule has 0 saturated heterocycles. The first kappa shape index (κ1) is 27.2. The third kappa shape index (κ3) is 7.35. The SMILES string of the molecule is CCOC(=O)C(Cc1ccc(C2Oc3ccccc3O2)cc1)NC(CC(C)C)C(=O)OCc1ccccc1. The van der Waals surface area contributed by atoms with Crippen LogP contribution in [0.2, 0.25) is 0 Å². The standard InChI is InChI=1S/C31H35NO6/c1-4-35-29(33)26(32-25(18-21(2)3)30(34)36-20-23-10-6-5-7-11-23)19-22-14-16-24(17-15-22)31-37-27-12-8-9-13-28(27)38-31/h5-17,21,25-26,31-32H,4,18-20H2,1-3H3. The molecule has 7 heteroatoms. The first-order valence-electron chi connectivity index (χ1n) is 13.1. The number of hydrogen-bond acceptors (Lipinski definition) is 7. The first-order chi connectivity index (χ1) is 18.4. The second kappa shape index (κ2) is 13.1. The minimum Gasteiger partial charge on any atom is -0.465 e. The fraction of sp³-hybridized carbons (Fsp3) is 0.355. The third-order valence-electron chi connectivity index (χ3n) is 6.20. The van der Waals surface area contributed by atoms with Gasteiger partial charge in [-0.2, -0.15) is 0 Å². The molecule has 1 heterocycles. The van der Waals surface area contributed by atoms with Gasteiger partial charge in [0, 0.05) is 5.56 Å². The fourth-order valence-corrected chi connectivity index (χ4v) is 4.31. The maximum Gasteiger partial charge on any atom is 0.323 e. The largest absolute Gasteiger partial charge is 0.465 e. The summed E-state index contributed by atoms with van der Waals surface area (Å²) in [5.74, 6) is 0.850. The number of rotatable bonds is 12. The Bertz CT molecular complexity index is 1170. The van der Waals surface area contributed by atoms with E-state index in [2.05, 4.69) is 5.32 Å². The van der Waals surface area contributed by atoms with Gasteiger partial charge in [0.15, 0.2) is 11.5 Å². The summed E-state index contributed by atoms with van der Waals surface area (Å²) in [5, 5.41) is 3.24. The number of hydrogen-bond donors (Lipinski definition) is 1. The van der Waals surface area contributed by atoms with Crippen LogP contribution >= 0.6 is 0 Å². The Balaban J connectivity index is 1.43. The topological polar surface area (TPSA) is 83.1 Å². The highest BCUT2D eigenvalue weighted by molar-refractivity contribution is 5.80. The van der Waals surface area contributed by atoms with E-state index in [1.165, 1.54) is 0 Å². The Morgan fingerprint density at radius 2 is 1.39 bits per heavy atom. The van der Waals surface area contributed by atoms with Crippen molar-refractivity contribution in [3.63, 3.8) is 0 Å². The average molecular weight is 518 g/mol. The van der Waals surface area contributed by atoms with E-state index >= 15 is 0 Å². The molecule has 2 unspecified atom stereocenters. The zero-order chi connectivity index (χ0) is 26.9. The molecule has 0 spiro atoms. The minimum absolute atomic E-state index is 0.177. The monoisotopic (exact) mass is 517 g/mol. The van der Waals surface area contributed by atoms with Crippen LogP contribution in [0.1, 0.15) is 50.2 Å². The fourth-order valence-electron chi connectivity index (χ4n) is 4.31. The summed E-state index contributed by atoms with van der Waals surface area (Å²) in [7, 11) is 0. The van der Waals surface area contributed by atoms with Crippen LogP contribution in [0.5, 0.6) is 11.5 Å². The number of para-hydroxylation sites is 2. The van der Waals surface area contributed by atoms with Crippen molar-refractivity contribution in [3.05, 3.63) is 95.6 Å². The van der Waals surface area contributed by atoms with Gasteiger partial charge in [-0.05, 0) is 48.9 Å². The average Bonchev–Trinajstić information content (AvgIpc) is 3.36. The number of carbonyl (C=O) groups is 2. The third-order valence-corrected chi connectivity index (χ3v) is 6.20. The first-order valence-corrected chi connectivity index (χ1v) is 13.1. The zero-order valence-corrected chi connectivity index (χ0v) is 22.1. The van der Waals surface area contributed by atoms with E-state index in [1.54, 1.807) is 6.92 Å². The molecule has 3 aromatic carbocycles. The Morgan fingerprint density at radius 3 is 2.00 bits per heavy atom. The molecular weight excluding hydrogens is 482 g/mol. The van der Waals surface area contributed by atoms with Gasteiger partial charge in [-0.15, -0.1) is 0 Å². The van der Waals surface area contributed by atoms with Crippen molar-refractivity contribution >= 4 is 11.9 Å². The number of fused-ring (bicyclic) bond motifs is 1. The van der Waals surface area contributed by atoms with Gasteiger partial charge in [-0.1, -0.05) is 80.6 Å². The summed E-state index contributed by atoms with van der Waals surface area (Å²) in [6, 6.07) is 23.4. The van der Waals surface area contributed by atoms with Crippen LogP contribution in [0, 0.1) is 5.92 Å². The summed E-state index contributed by atoms with van der Waals surface area (Å²) in [6.07, 6.45) is 0.362. The normalized spacial score (nSPS) is 14.2. The predicted molar refractivity (Wildman–Crippen MR) is 144 cm³/mol. The van der Waals surface area contributed by atoms with Gasteiger partial charge in [-0.3, -0.25) is 14.9 Å². The predicted octanol–water partition coefficient (Wildman–Crippen LogP) is 5.38. The molecule has 1 aliphatic rings. The van der Waals surface area contributed by atoms with Crippen molar-refractivity contribution in [2.75, 3.05) is 6.61 Å². The second-order valence-corrected chi connectivity index (χ2v) is 9.71. The van der Waals surface area contributed by atoms with Crippen LogP contribution in [0.25, 0.3) is 0 Å². The van der Waals surface area contributed by atoms with E-state index in [-0.39, 0.29) is 25.1 Å². The van der Waals surface area contributed by atoms with Gasteiger partial charge < -0.3 is 18.9 Å². The molecule has 0 fully saturated rings. The van der Waals surface area contributed by atoms with Crippen molar-refractivity contribution in [1.29, 1.82) is 0 Å². The number of ether oxygens (including phenoxy) is 4. The van der Waals surface area contributed by atoms with Crippen molar-refractivity contribution in [2.24, 2.45) is 5.92 Å². The van der Waals surface area contributed by atoms with E-state index in [0.717, 1.165) is 16.7 Å². The molecule has 3 aromatic rings. The highest BCUT2D eigenvalue weighted by Crippen LogP contribution is 2.39. The Morgan fingerprint density at radius 1 is 0.789 bits per heavy atom. The molecule has 200 valence electrons. The summed E-state index contributed by atoms with van der Waals surface area (Å²) < 4.78 is 22.7. The molecule has 4 rings (SSSR count). The van der Waals surface area contributed by atoms with Crippen LogP contribution in [0.4, 0.5) is 0 Å². The molecule has 0 bridgehead atoms. The van der Waals surface area contributed by atoms with E-state index in [1.807, 2.05) is 92.7 Å². The molecule has 7 nitrogen and oxygen atoms in total. The summed E-state index contributed by atoms with van der Waals surface area (Å²) in [4.78, 5) is 25.9. The maximum absolute atomic E-state index is 13.0. The second-order valence-electron chi connectivity index (χ2n) is 9.71. The molecule has 0 aromatic heterocycles. The minimum atomic E-state index is -0.711. The zero-order valence-electron chi connectivity index (χ0n) is 22.1. The molecular formula is C31H35NO6. The number of nitrogens with one attached hydrogen (secondary N) is 1. The van der Waals surface area contributed by atoms with E-state index in [0.29, 0.717) is 24.3 Å². The van der Waals surface area contributed by atoms with Crippen LogP contribution < -0.4 is 14.8 Å². The quantitative estimate of drug-likeness (QED) is 0.323. The molecule has 0 saturated carbocycles. The molecule has 2 atom stereocenters. The van der Waals surface area contributed by atoms with Crippen LogP contribution in [0.3, 0.4) is 0 Å². The van der Waals surface area contributed by atoms with Gasteiger partial charge in [0.2, 0.25) is 0 Å². The summed E-state index contributed by atoms with van der Waals surface area (Å²) >= 11 is 0. The molecule has 1 N–H and O–H groups in total. The molecule has 0 aliphatic carbocycles. The van der Waals surface area contributed by atoms with Gasteiger partial charge >= 0.3 is 11.9 Å². The smallest absolute Gasteiger partial charge is 0.323 e. The molecule has 0 radical (unpaired) electrons. The van der Waals surface area contributed by atoms with E-state index in [9.17, 15) is 9.59 Å². The highest BCUT2D eigenvalue weighted by atomic mass is 16.7. The lowest BCUT2D eigenvalue weighted by molar-refractivity contribution is -0.150. The van der Waals surface area contributed by atoms with E-state index in [4.69, 9.17) is 18.9 Å². The number of carbonyl (C=O) groups excluding carboxylic acids is 2. The number of esters is 2. The van der Waals surface area contributed by atoms with Crippen LogP contribution in [0.15, 0.2) is 78.9 Å². The van der Waals surface area contributed by atoms with Crippen molar-refractivity contribution in [1.82, 2.24) is 5.32 Å². The van der Waals surface area contributed by atoms with Crippen molar-refractivity contribution in [3.8, 4) is 11.5 Å². The molecule has 1 aliphatic heterocycles. The Hall–Kier alpha value is -3.84. The Kier molecular flexibility index (Phi) is 9.38. The maximum atomic E-state index is 13.0. The van der Waals surface area contributed by atoms with Gasteiger partial charge in [0.25, 0.3) is 6.29 Å².